The lowest BCUT2D eigenvalue weighted by Crippen LogP contribution is -2.29. The van der Waals surface area contributed by atoms with Crippen molar-refractivity contribution in [2.24, 2.45) is 0 Å². The Morgan fingerprint density at radius 1 is 1.25 bits per heavy atom. The fourth-order valence-electron chi connectivity index (χ4n) is 0.921. The molecule has 0 heterocycles. The minimum absolute atomic E-state index is 0.178. The van der Waals surface area contributed by atoms with Crippen molar-refractivity contribution in [2.75, 3.05) is 0 Å². The molecular weight excluding hydrogens is 237 g/mol. The van der Waals surface area contributed by atoms with Crippen LogP contribution in [-0.2, 0) is 5.54 Å². The Morgan fingerprint density at radius 3 is 2.17 bits per heavy atom. The van der Waals surface area contributed by atoms with Crippen LogP contribution in [0.5, 0.6) is 0 Å². The minimum Gasteiger partial charge on any atom is -0.224 e. The molecule has 1 aromatic carbocycles. The van der Waals surface area contributed by atoms with Crippen molar-refractivity contribution in [3.8, 4) is 0 Å². The summed E-state index contributed by atoms with van der Waals surface area (Å²) < 4.78 is 1.08. The van der Waals surface area contributed by atoms with Crippen molar-refractivity contribution >= 4 is 27.7 Å². The van der Waals surface area contributed by atoms with Crippen molar-refractivity contribution in [2.45, 2.75) is 19.4 Å². The van der Waals surface area contributed by atoms with Gasteiger partial charge in [0.05, 0.1) is 5.54 Å². The quantitative estimate of drug-likeness (QED) is 0.791. The largest absolute Gasteiger partial charge is 0.224 e. The molecule has 12 heavy (non-hydrogen) atoms. The Bertz CT molecular complexity index is 256. The molecule has 1 N–H and O–H groups in total. The van der Waals surface area contributed by atoms with Gasteiger partial charge >= 0.3 is 0 Å². The molecule has 0 saturated heterocycles. The molecule has 0 amide bonds. The van der Waals surface area contributed by atoms with Gasteiger partial charge in [0.2, 0.25) is 0 Å². The van der Waals surface area contributed by atoms with Gasteiger partial charge in [-0.25, -0.2) is 4.84 Å². The van der Waals surface area contributed by atoms with Gasteiger partial charge in [-0.05, 0) is 43.3 Å². The number of benzene rings is 1. The minimum atomic E-state index is -0.178. The van der Waals surface area contributed by atoms with Gasteiger partial charge in [0.1, 0.15) is 0 Å². The van der Waals surface area contributed by atoms with Crippen LogP contribution in [0.4, 0.5) is 0 Å². The molecular formula is C9H11BrClN. The van der Waals surface area contributed by atoms with Gasteiger partial charge in [-0.3, -0.25) is 0 Å². The van der Waals surface area contributed by atoms with E-state index in [1.165, 1.54) is 5.56 Å². The van der Waals surface area contributed by atoms with E-state index >= 15 is 0 Å². The maximum absolute atomic E-state index is 5.61. The predicted molar refractivity (Wildman–Crippen MR) is 56.2 cm³/mol. The number of hydrogen-bond acceptors (Lipinski definition) is 1. The molecule has 1 aromatic rings. The second-order valence-electron chi connectivity index (χ2n) is 3.23. The summed E-state index contributed by atoms with van der Waals surface area (Å²) in [6.07, 6.45) is 0. The molecule has 0 aromatic heterocycles. The van der Waals surface area contributed by atoms with Crippen molar-refractivity contribution in [3.05, 3.63) is 34.3 Å². The van der Waals surface area contributed by atoms with Crippen LogP contribution in [-0.4, -0.2) is 0 Å². The van der Waals surface area contributed by atoms with Gasteiger partial charge in [-0.1, -0.05) is 28.1 Å². The monoisotopic (exact) mass is 247 g/mol. The van der Waals surface area contributed by atoms with Gasteiger partial charge in [-0.15, -0.1) is 0 Å². The van der Waals surface area contributed by atoms with E-state index in [0.717, 1.165) is 4.47 Å². The Hall–Kier alpha value is -0.0500. The van der Waals surface area contributed by atoms with Crippen molar-refractivity contribution in [1.82, 2.24) is 4.84 Å². The van der Waals surface area contributed by atoms with Gasteiger partial charge < -0.3 is 0 Å². The highest BCUT2D eigenvalue weighted by Gasteiger charge is 2.17. The zero-order valence-electron chi connectivity index (χ0n) is 7.07. The second-order valence-corrected chi connectivity index (χ2v) is 4.33. The van der Waals surface area contributed by atoms with E-state index in [-0.39, 0.29) is 5.54 Å². The van der Waals surface area contributed by atoms with Crippen LogP contribution in [0.15, 0.2) is 28.7 Å². The third-order valence-electron chi connectivity index (χ3n) is 1.80. The van der Waals surface area contributed by atoms with E-state index in [4.69, 9.17) is 11.8 Å². The molecule has 0 radical (unpaired) electrons. The average Bonchev–Trinajstić information content (AvgIpc) is 2.05. The van der Waals surface area contributed by atoms with Crippen LogP contribution in [0.3, 0.4) is 0 Å². The number of halogens is 2. The van der Waals surface area contributed by atoms with E-state index in [0.29, 0.717) is 0 Å². The van der Waals surface area contributed by atoms with Crippen LogP contribution in [0.2, 0.25) is 0 Å². The number of rotatable bonds is 2. The maximum Gasteiger partial charge on any atom is 0.0523 e. The van der Waals surface area contributed by atoms with E-state index in [2.05, 4.69) is 20.8 Å². The third kappa shape index (κ3) is 2.22. The molecule has 0 aliphatic carbocycles. The Kier molecular flexibility index (Phi) is 3.16. The maximum atomic E-state index is 5.61. The van der Waals surface area contributed by atoms with Crippen molar-refractivity contribution in [3.63, 3.8) is 0 Å². The van der Waals surface area contributed by atoms with E-state index in [9.17, 15) is 0 Å². The third-order valence-corrected chi connectivity index (χ3v) is 2.80. The van der Waals surface area contributed by atoms with Crippen LogP contribution in [0, 0.1) is 0 Å². The molecule has 0 aliphatic heterocycles. The van der Waals surface area contributed by atoms with Crippen molar-refractivity contribution in [1.29, 1.82) is 0 Å². The first kappa shape index (κ1) is 10.0. The molecule has 66 valence electrons. The molecule has 1 nitrogen and oxygen atoms in total. The first-order valence-corrected chi connectivity index (χ1v) is 4.87. The summed E-state index contributed by atoms with van der Waals surface area (Å²) >= 11 is 8.99. The lowest BCUT2D eigenvalue weighted by molar-refractivity contribution is 0.503. The number of nitrogens with one attached hydrogen (secondary N) is 1. The van der Waals surface area contributed by atoms with E-state index < -0.39 is 0 Å². The normalized spacial score (nSPS) is 11.7. The van der Waals surface area contributed by atoms with E-state index in [1.54, 1.807) is 0 Å². The average molecular weight is 249 g/mol. The molecule has 0 aliphatic rings. The summed E-state index contributed by atoms with van der Waals surface area (Å²) in [5.41, 5.74) is 0.989. The van der Waals surface area contributed by atoms with Gasteiger partial charge in [0.15, 0.2) is 0 Å². The Labute approximate surface area is 86.4 Å². The molecule has 0 bridgehead atoms. The van der Waals surface area contributed by atoms with Crippen LogP contribution in [0.1, 0.15) is 19.4 Å². The predicted octanol–water partition coefficient (Wildman–Crippen LogP) is 3.43. The zero-order chi connectivity index (χ0) is 9.19. The molecule has 3 heteroatoms. The standard InChI is InChI=1S/C9H11BrClN/c1-9(2,12-11)7-3-5-8(10)6-4-7/h3-6,12H,1-2H3. The molecule has 0 spiro atoms. The summed E-state index contributed by atoms with van der Waals surface area (Å²) in [6, 6.07) is 8.09. The fourth-order valence-corrected chi connectivity index (χ4v) is 1.29. The van der Waals surface area contributed by atoms with Crippen LogP contribution < -0.4 is 4.84 Å². The highest BCUT2D eigenvalue weighted by molar-refractivity contribution is 9.10. The first-order valence-electron chi connectivity index (χ1n) is 3.70. The highest BCUT2D eigenvalue weighted by Crippen LogP contribution is 2.22. The molecule has 0 fully saturated rings. The van der Waals surface area contributed by atoms with Gasteiger partial charge in [0, 0.05) is 4.47 Å². The van der Waals surface area contributed by atoms with Gasteiger partial charge in [0.25, 0.3) is 0 Å². The SMILES string of the molecule is CC(C)(NCl)c1ccc(Br)cc1. The van der Waals surface area contributed by atoms with Gasteiger partial charge in [-0.2, -0.15) is 0 Å². The van der Waals surface area contributed by atoms with Crippen LogP contribution >= 0.6 is 27.7 Å². The Morgan fingerprint density at radius 2 is 1.75 bits per heavy atom. The molecule has 0 saturated carbocycles. The molecule has 0 atom stereocenters. The first-order chi connectivity index (χ1) is 5.56. The Balaban J connectivity index is 2.96. The summed E-state index contributed by atoms with van der Waals surface area (Å²) in [4.78, 5) is 2.73. The lowest BCUT2D eigenvalue weighted by atomic mass is 9.96. The molecule has 1 rings (SSSR count). The van der Waals surface area contributed by atoms with Crippen molar-refractivity contribution < 1.29 is 0 Å². The topological polar surface area (TPSA) is 12.0 Å². The lowest BCUT2D eigenvalue weighted by Gasteiger charge is -2.22. The summed E-state index contributed by atoms with van der Waals surface area (Å²) in [6.45, 7) is 4.06. The second kappa shape index (κ2) is 3.77. The summed E-state index contributed by atoms with van der Waals surface area (Å²) in [5, 5.41) is 0. The fraction of sp³-hybridized carbons (Fsp3) is 0.333. The number of hydrogen-bond donors (Lipinski definition) is 1. The summed E-state index contributed by atoms with van der Waals surface area (Å²) in [5.74, 6) is 0. The van der Waals surface area contributed by atoms with Crippen LogP contribution in [0.25, 0.3) is 0 Å². The molecule has 0 unspecified atom stereocenters. The highest BCUT2D eigenvalue weighted by atomic mass is 79.9. The smallest absolute Gasteiger partial charge is 0.0523 e. The van der Waals surface area contributed by atoms with E-state index in [1.807, 2.05) is 38.1 Å². The summed E-state index contributed by atoms with van der Waals surface area (Å²) in [7, 11) is 0. The zero-order valence-corrected chi connectivity index (χ0v) is 9.41.